The first kappa shape index (κ1) is 22.0. The van der Waals surface area contributed by atoms with Crippen LogP contribution < -0.4 is 10.0 Å². The third-order valence-corrected chi connectivity index (χ3v) is 4.91. The Bertz CT molecular complexity index is 1210. The molecule has 2 heterocycles. The molecule has 0 radical (unpaired) electrons. The van der Waals surface area contributed by atoms with Gasteiger partial charge in [-0.2, -0.15) is 15.1 Å². The maximum absolute atomic E-state index is 12.0. The highest BCUT2D eigenvalue weighted by Gasteiger charge is 2.20. The number of amides is 1. The van der Waals surface area contributed by atoms with Gasteiger partial charge in [0.15, 0.2) is 0 Å². The highest BCUT2D eigenvalue weighted by atomic mass is 35.5. The zero-order chi connectivity index (χ0) is 22.1. The molecule has 0 aliphatic heterocycles. The van der Waals surface area contributed by atoms with E-state index < -0.39 is 15.9 Å². The van der Waals surface area contributed by atoms with Crippen molar-refractivity contribution < 1.29 is 13.2 Å². The SMILES string of the molecule is CC(C)Nc1nc(-n2cc(C(=O)NS(C)(=O)=O)cn2)nc(Cl)c1-c1ccccc1Cl. The van der Waals surface area contributed by atoms with Crippen molar-refractivity contribution in [2.24, 2.45) is 0 Å². The number of carbonyl (C=O) groups is 1. The predicted octanol–water partition coefficient (Wildman–Crippen LogP) is 3.15. The van der Waals surface area contributed by atoms with Gasteiger partial charge in [-0.3, -0.25) is 4.79 Å². The average molecular weight is 469 g/mol. The number of nitrogens with one attached hydrogen (secondary N) is 2. The topological polar surface area (TPSA) is 119 Å². The monoisotopic (exact) mass is 468 g/mol. The van der Waals surface area contributed by atoms with E-state index in [9.17, 15) is 13.2 Å². The number of carbonyl (C=O) groups excluding carboxylic acids is 1. The summed E-state index contributed by atoms with van der Waals surface area (Å²) in [6, 6.07) is 7.20. The summed E-state index contributed by atoms with van der Waals surface area (Å²) in [6.45, 7) is 3.88. The highest BCUT2D eigenvalue weighted by Crippen LogP contribution is 2.37. The van der Waals surface area contributed by atoms with Crippen LogP contribution in [0.4, 0.5) is 5.82 Å². The van der Waals surface area contributed by atoms with Gasteiger partial charge in [0.1, 0.15) is 11.0 Å². The molecule has 0 saturated carbocycles. The van der Waals surface area contributed by atoms with Crippen LogP contribution in [0.25, 0.3) is 17.1 Å². The third kappa shape index (κ3) is 5.07. The number of halogens is 2. The first-order chi connectivity index (χ1) is 14.0. The highest BCUT2D eigenvalue weighted by molar-refractivity contribution is 7.89. The summed E-state index contributed by atoms with van der Waals surface area (Å²) in [5.74, 6) is -0.286. The van der Waals surface area contributed by atoms with Gasteiger partial charge in [-0.15, -0.1) is 0 Å². The smallest absolute Gasteiger partial charge is 0.267 e. The minimum Gasteiger partial charge on any atom is -0.367 e. The zero-order valence-electron chi connectivity index (χ0n) is 16.2. The maximum Gasteiger partial charge on any atom is 0.267 e. The van der Waals surface area contributed by atoms with E-state index in [-0.39, 0.29) is 22.7 Å². The molecule has 0 fully saturated rings. The quantitative estimate of drug-likeness (QED) is 0.533. The van der Waals surface area contributed by atoms with Crippen LogP contribution in [0.15, 0.2) is 36.7 Å². The van der Waals surface area contributed by atoms with Gasteiger partial charge in [0.25, 0.3) is 11.9 Å². The molecule has 2 N–H and O–H groups in total. The van der Waals surface area contributed by atoms with Crippen molar-refractivity contribution in [2.75, 3.05) is 11.6 Å². The van der Waals surface area contributed by atoms with Crippen LogP contribution in [0.2, 0.25) is 10.2 Å². The van der Waals surface area contributed by atoms with Gasteiger partial charge in [-0.05, 0) is 19.9 Å². The van der Waals surface area contributed by atoms with Gasteiger partial charge < -0.3 is 5.32 Å². The minimum atomic E-state index is -3.71. The molecule has 1 aromatic carbocycles. The van der Waals surface area contributed by atoms with E-state index in [2.05, 4.69) is 20.4 Å². The average Bonchev–Trinajstić information content (AvgIpc) is 3.11. The number of hydrogen-bond donors (Lipinski definition) is 2. The molecule has 3 aromatic rings. The number of anilines is 1. The molecule has 0 saturated heterocycles. The van der Waals surface area contributed by atoms with Crippen molar-refractivity contribution in [3.63, 3.8) is 0 Å². The molecule has 0 atom stereocenters. The Kier molecular flexibility index (Phi) is 6.30. The summed E-state index contributed by atoms with van der Waals surface area (Å²) in [4.78, 5) is 20.8. The number of benzene rings is 1. The van der Waals surface area contributed by atoms with Crippen molar-refractivity contribution in [3.05, 3.63) is 52.4 Å². The Morgan fingerprint density at radius 2 is 1.87 bits per heavy atom. The number of nitrogens with zero attached hydrogens (tertiary/aromatic N) is 4. The van der Waals surface area contributed by atoms with Crippen molar-refractivity contribution in [3.8, 4) is 17.1 Å². The second-order valence-corrected chi connectivity index (χ2v) is 9.21. The second kappa shape index (κ2) is 8.58. The molecule has 12 heteroatoms. The number of rotatable bonds is 6. The molecular weight excluding hydrogens is 451 g/mol. The van der Waals surface area contributed by atoms with E-state index in [0.29, 0.717) is 22.0 Å². The van der Waals surface area contributed by atoms with E-state index in [4.69, 9.17) is 23.2 Å². The lowest BCUT2D eigenvalue weighted by molar-refractivity contribution is 0.0981. The molecule has 2 aromatic heterocycles. The molecule has 158 valence electrons. The summed E-state index contributed by atoms with van der Waals surface area (Å²) >= 11 is 12.8. The van der Waals surface area contributed by atoms with Crippen LogP contribution >= 0.6 is 23.2 Å². The van der Waals surface area contributed by atoms with Crippen LogP contribution in [-0.4, -0.2) is 46.4 Å². The van der Waals surface area contributed by atoms with Gasteiger partial charge in [0.05, 0.1) is 23.6 Å². The van der Waals surface area contributed by atoms with Crippen LogP contribution in [0, 0.1) is 0 Å². The van der Waals surface area contributed by atoms with Crippen molar-refractivity contribution in [2.45, 2.75) is 19.9 Å². The van der Waals surface area contributed by atoms with E-state index in [0.717, 1.165) is 6.26 Å². The van der Waals surface area contributed by atoms with Gasteiger partial charge in [0.2, 0.25) is 10.0 Å². The van der Waals surface area contributed by atoms with Gasteiger partial charge >= 0.3 is 0 Å². The van der Waals surface area contributed by atoms with Gasteiger partial charge in [-0.25, -0.2) is 17.8 Å². The third-order valence-electron chi connectivity index (χ3n) is 3.75. The van der Waals surface area contributed by atoms with Crippen LogP contribution in [0.5, 0.6) is 0 Å². The Morgan fingerprint density at radius 1 is 1.17 bits per heavy atom. The van der Waals surface area contributed by atoms with Crippen LogP contribution in [0.1, 0.15) is 24.2 Å². The lowest BCUT2D eigenvalue weighted by Gasteiger charge is -2.17. The molecule has 1 amide bonds. The fourth-order valence-electron chi connectivity index (χ4n) is 2.58. The Hall–Kier alpha value is -2.69. The van der Waals surface area contributed by atoms with Crippen molar-refractivity contribution in [1.82, 2.24) is 24.5 Å². The zero-order valence-corrected chi connectivity index (χ0v) is 18.5. The molecule has 0 bridgehead atoms. The van der Waals surface area contributed by atoms with Crippen LogP contribution in [0.3, 0.4) is 0 Å². The second-order valence-electron chi connectivity index (χ2n) is 6.69. The molecule has 0 aliphatic carbocycles. The first-order valence-electron chi connectivity index (χ1n) is 8.71. The molecule has 3 rings (SSSR count). The van der Waals surface area contributed by atoms with E-state index in [1.165, 1.54) is 17.1 Å². The van der Waals surface area contributed by atoms with E-state index in [1.807, 2.05) is 24.6 Å². The standard InChI is InChI=1S/C18H18Cl2N6O3S/c1-10(2)22-16-14(12-6-4-5-7-13(12)19)15(20)23-18(24-16)26-9-11(8-21-26)17(27)25-30(3,28)29/h4-10H,1-3H3,(H,25,27)(H,22,23,24). The fourth-order valence-corrected chi connectivity index (χ4v) is 3.53. The molecule has 9 nitrogen and oxygen atoms in total. The molecule has 0 aliphatic rings. The molecular formula is C18H18Cl2N6O3S. The Balaban J connectivity index is 2.07. The summed E-state index contributed by atoms with van der Waals surface area (Å²) in [5.41, 5.74) is 1.21. The predicted molar refractivity (Wildman–Crippen MR) is 116 cm³/mol. The lowest BCUT2D eigenvalue weighted by Crippen LogP contribution is -2.29. The first-order valence-corrected chi connectivity index (χ1v) is 11.4. The number of sulfonamides is 1. The molecule has 30 heavy (non-hydrogen) atoms. The normalized spacial score (nSPS) is 11.5. The fraction of sp³-hybridized carbons (Fsp3) is 0.222. The Labute approximate surface area is 183 Å². The summed E-state index contributed by atoms with van der Waals surface area (Å²) in [5, 5.41) is 7.88. The maximum atomic E-state index is 12.0. The number of hydrogen-bond acceptors (Lipinski definition) is 7. The summed E-state index contributed by atoms with van der Waals surface area (Å²) in [7, 11) is -3.71. The summed E-state index contributed by atoms with van der Waals surface area (Å²) < 4.78 is 25.6. The Morgan fingerprint density at radius 3 is 2.50 bits per heavy atom. The summed E-state index contributed by atoms with van der Waals surface area (Å²) in [6.07, 6.45) is 3.39. The van der Waals surface area contributed by atoms with Crippen LogP contribution in [-0.2, 0) is 10.0 Å². The number of aromatic nitrogens is 4. The van der Waals surface area contributed by atoms with E-state index in [1.54, 1.807) is 18.2 Å². The largest absolute Gasteiger partial charge is 0.367 e. The minimum absolute atomic E-state index is 0.0219. The molecule has 0 spiro atoms. The van der Waals surface area contributed by atoms with Gasteiger partial charge in [-0.1, -0.05) is 41.4 Å². The van der Waals surface area contributed by atoms with Gasteiger partial charge in [0, 0.05) is 22.8 Å². The van der Waals surface area contributed by atoms with Crippen molar-refractivity contribution >= 4 is 45.0 Å². The lowest BCUT2D eigenvalue weighted by atomic mass is 10.1. The van der Waals surface area contributed by atoms with E-state index >= 15 is 0 Å². The molecule has 0 unspecified atom stereocenters. The van der Waals surface area contributed by atoms with Crippen molar-refractivity contribution in [1.29, 1.82) is 0 Å².